The Morgan fingerprint density at radius 3 is 2.68 bits per heavy atom. The number of amides is 1. The predicted molar refractivity (Wildman–Crippen MR) is 87.3 cm³/mol. The zero-order valence-electron chi connectivity index (χ0n) is 13.8. The molecule has 0 aliphatic rings. The van der Waals surface area contributed by atoms with Gasteiger partial charge < -0.3 is 19.1 Å². The van der Waals surface area contributed by atoms with Crippen LogP contribution in [-0.2, 0) is 9.53 Å². The van der Waals surface area contributed by atoms with Crippen LogP contribution in [0.25, 0.3) is 6.08 Å². The van der Waals surface area contributed by atoms with Gasteiger partial charge in [0.05, 0.1) is 13.7 Å². The summed E-state index contributed by atoms with van der Waals surface area (Å²) in [6.45, 7) is 3.80. The number of carbonyl (C=O) groups excluding carboxylic acids is 1. The van der Waals surface area contributed by atoms with Gasteiger partial charge in [-0.1, -0.05) is 6.07 Å². The Balaban J connectivity index is 2.68. The Labute approximate surface area is 132 Å². The molecule has 0 saturated heterocycles. The van der Waals surface area contributed by atoms with E-state index in [0.29, 0.717) is 31.3 Å². The average molecular weight is 307 g/mol. The van der Waals surface area contributed by atoms with Gasteiger partial charge in [0, 0.05) is 33.4 Å². The Kier molecular flexibility index (Phi) is 8.07. The first-order valence-corrected chi connectivity index (χ1v) is 7.35. The quantitative estimate of drug-likeness (QED) is 0.520. The van der Waals surface area contributed by atoms with Crippen LogP contribution < -0.4 is 9.47 Å². The minimum absolute atomic E-state index is 0.0371. The fourth-order valence-electron chi connectivity index (χ4n) is 1.92. The highest BCUT2D eigenvalue weighted by atomic mass is 16.5. The van der Waals surface area contributed by atoms with Crippen molar-refractivity contribution in [3.63, 3.8) is 0 Å². The molecule has 1 aromatic carbocycles. The second-order valence-electron chi connectivity index (χ2n) is 4.78. The van der Waals surface area contributed by atoms with Crippen molar-refractivity contribution < 1.29 is 19.0 Å². The predicted octanol–water partition coefficient (Wildman–Crippen LogP) is 2.60. The molecular formula is C17H25NO4. The second-order valence-corrected chi connectivity index (χ2v) is 4.78. The van der Waals surface area contributed by atoms with Gasteiger partial charge in [0.1, 0.15) is 0 Å². The minimum atomic E-state index is -0.0371. The van der Waals surface area contributed by atoms with Gasteiger partial charge in [0.15, 0.2) is 11.5 Å². The lowest BCUT2D eigenvalue weighted by atomic mass is 10.2. The summed E-state index contributed by atoms with van der Waals surface area (Å²) in [4.78, 5) is 13.7. The van der Waals surface area contributed by atoms with Crippen LogP contribution >= 0.6 is 0 Å². The molecule has 0 saturated carbocycles. The Morgan fingerprint density at radius 2 is 2.05 bits per heavy atom. The van der Waals surface area contributed by atoms with Crippen molar-refractivity contribution in [1.82, 2.24) is 4.90 Å². The molecule has 0 bridgehead atoms. The molecule has 0 radical (unpaired) electrons. The summed E-state index contributed by atoms with van der Waals surface area (Å²) < 4.78 is 15.7. The molecule has 0 aliphatic heterocycles. The summed E-state index contributed by atoms with van der Waals surface area (Å²) in [7, 11) is 5.04. The van der Waals surface area contributed by atoms with Gasteiger partial charge in [-0.3, -0.25) is 4.79 Å². The minimum Gasteiger partial charge on any atom is -0.493 e. The van der Waals surface area contributed by atoms with Gasteiger partial charge in [-0.15, -0.1) is 0 Å². The van der Waals surface area contributed by atoms with Crippen LogP contribution in [0.5, 0.6) is 11.5 Å². The lowest BCUT2D eigenvalue weighted by Gasteiger charge is -2.14. The summed E-state index contributed by atoms with van der Waals surface area (Å²) >= 11 is 0. The van der Waals surface area contributed by atoms with E-state index in [-0.39, 0.29) is 5.91 Å². The summed E-state index contributed by atoms with van der Waals surface area (Å²) in [5, 5.41) is 0. The van der Waals surface area contributed by atoms with Crippen LogP contribution in [0.3, 0.4) is 0 Å². The maximum Gasteiger partial charge on any atom is 0.246 e. The highest BCUT2D eigenvalue weighted by Gasteiger charge is 2.06. The topological polar surface area (TPSA) is 48.0 Å². The Morgan fingerprint density at radius 1 is 1.27 bits per heavy atom. The van der Waals surface area contributed by atoms with Gasteiger partial charge in [0.2, 0.25) is 5.91 Å². The monoisotopic (exact) mass is 307 g/mol. The smallest absolute Gasteiger partial charge is 0.246 e. The van der Waals surface area contributed by atoms with Gasteiger partial charge in [-0.25, -0.2) is 0 Å². The number of benzene rings is 1. The lowest BCUT2D eigenvalue weighted by Crippen LogP contribution is -2.26. The van der Waals surface area contributed by atoms with E-state index < -0.39 is 0 Å². The van der Waals surface area contributed by atoms with Crippen molar-refractivity contribution in [2.24, 2.45) is 0 Å². The largest absolute Gasteiger partial charge is 0.493 e. The van der Waals surface area contributed by atoms with Crippen LogP contribution in [0.1, 0.15) is 18.9 Å². The summed E-state index contributed by atoms with van der Waals surface area (Å²) in [5.74, 6) is 1.32. The fraction of sp³-hybridized carbons (Fsp3) is 0.471. The Bertz CT molecular complexity index is 499. The van der Waals surface area contributed by atoms with Gasteiger partial charge in [0.25, 0.3) is 0 Å². The highest BCUT2D eigenvalue weighted by molar-refractivity contribution is 5.91. The zero-order valence-corrected chi connectivity index (χ0v) is 13.8. The number of hydrogen-bond donors (Lipinski definition) is 0. The molecule has 122 valence electrons. The molecule has 0 atom stereocenters. The SMILES string of the molecule is CCOc1cc(/C=C/C(=O)N(C)CCCOC)ccc1OC. The summed E-state index contributed by atoms with van der Waals surface area (Å²) in [5.41, 5.74) is 0.892. The molecular weight excluding hydrogens is 282 g/mol. The number of nitrogens with zero attached hydrogens (tertiary/aromatic N) is 1. The third-order valence-electron chi connectivity index (χ3n) is 3.12. The van der Waals surface area contributed by atoms with Crippen molar-refractivity contribution in [1.29, 1.82) is 0 Å². The molecule has 0 fully saturated rings. The van der Waals surface area contributed by atoms with Crippen molar-refractivity contribution in [2.75, 3.05) is 41.0 Å². The fourth-order valence-corrected chi connectivity index (χ4v) is 1.92. The van der Waals surface area contributed by atoms with E-state index in [1.165, 1.54) is 0 Å². The molecule has 0 aromatic heterocycles. The van der Waals surface area contributed by atoms with Crippen molar-refractivity contribution in [2.45, 2.75) is 13.3 Å². The molecule has 0 aliphatic carbocycles. The molecule has 1 amide bonds. The van der Waals surface area contributed by atoms with Crippen LogP contribution in [0.15, 0.2) is 24.3 Å². The molecule has 0 unspecified atom stereocenters. The van der Waals surface area contributed by atoms with E-state index in [1.807, 2.05) is 25.1 Å². The lowest BCUT2D eigenvalue weighted by molar-refractivity contribution is -0.124. The average Bonchev–Trinajstić information content (AvgIpc) is 2.53. The molecule has 1 aromatic rings. The van der Waals surface area contributed by atoms with Crippen LogP contribution in [0.2, 0.25) is 0 Å². The van der Waals surface area contributed by atoms with Crippen LogP contribution in [0.4, 0.5) is 0 Å². The number of likely N-dealkylation sites (N-methyl/N-ethyl adjacent to an activating group) is 1. The van der Waals surface area contributed by atoms with E-state index in [1.54, 1.807) is 38.3 Å². The van der Waals surface area contributed by atoms with Crippen LogP contribution in [0, 0.1) is 0 Å². The first-order chi connectivity index (χ1) is 10.6. The normalized spacial score (nSPS) is 10.7. The van der Waals surface area contributed by atoms with Gasteiger partial charge in [-0.05, 0) is 37.1 Å². The van der Waals surface area contributed by atoms with E-state index in [9.17, 15) is 4.79 Å². The number of carbonyl (C=O) groups is 1. The number of rotatable bonds is 9. The first-order valence-electron chi connectivity index (χ1n) is 7.35. The second kappa shape index (κ2) is 9.84. The molecule has 22 heavy (non-hydrogen) atoms. The standard InChI is InChI=1S/C17H25NO4/c1-5-22-16-13-14(7-9-15(16)21-4)8-10-17(19)18(2)11-6-12-20-3/h7-10,13H,5-6,11-12H2,1-4H3/b10-8+. The first kappa shape index (κ1) is 18.0. The Hall–Kier alpha value is -2.01. The van der Waals surface area contributed by atoms with E-state index in [2.05, 4.69) is 0 Å². The van der Waals surface area contributed by atoms with Crippen molar-refractivity contribution in [3.05, 3.63) is 29.8 Å². The number of ether oxygens (including phenoxy) is 3. The van der Waals surface area contributed by atoms with E-state index in [0.717, 1.165) is 12.0 Å². The summed E-state index contributed by atoms with van der Waals surface area (Å²) in [6.07, 6.45) is 4.16. The highest BCUT2D eigenvalue weighted by Crippen LogP contribution is 2.28. The summed E-state index contributed by atoms with van der Waals surface area (Å²) in [6, 6.07) is 5.57. The third-order valence-corrected chi connectivity index (χ3v) is 3.12. The van der Waals surface area contributed by atoms with Gasteiger partial charge >= 0.3 is 0 Å². The number of methoxy groups -OCH3 is 2. The molecule has 0 spiro atoms. The van der Waals surface area contributed by atoms with Crippen molar-refractivity contribution in [3.8, 4) is 11.5 Å². The molecule has 0 heterocycles. The molecule has 0 N–H and O–H groups in total. The van der Waals surface area contributed by atoms with Crippen molar-refractivity contribution >= 4 is 12.0 Å². The molecule has 5 heteroatoms. The molecule has 1 rings (SSSR count). The van der Waals surface area contributed by atoms with Crippen LogP contribution in [-0.4, -0.2) is 51.8 Å². The van der Waals surface area contributed by atoms with E-state index in [4.69, 9.17) is 14.2 Å². The maximum atomic E-state index is 12.0. The maximum absolute atomic E-state index is 12.0. The number of hydrogen-bond acceptors (Lipinski definition) is 4. The van der Waals surface area contributed by atoms with Gasteiger partial charge in [-0.2, -0.15) is 0 Å². The van der Waals surface area contributed by atoms with E-state index >= 15 is 0 Å². The third kappa shape index (κ3) is 5.77. The molecule has 5 nitrogen and oxygen atoms in total. The zero-order chi connectivity index (χ0) is 16.4.